The number of hydrogen-bond donors (Lipinski definition) is 0. The van der Waals surface area contributed by atoms with Gasteiger partial charge in [0.05, 0.1) is 11.1 Å². The van der Waals surface area contributed by atoms with Gasteiger partial charge in [-0.15, -0.1) is 0 Å². The van der Waals surface area contributed by atoms with E-state index in [2.05, 4.69) is 4.98 Å². The number of rotatable bonds is 2. The van der Waals surface area contributed by atoms with Gasteiger partial charge in [0.1, 0.15) is 5.82 Å². The molecule has 0 saturated heterocycles. The number of carbonyl (C=O) groups excluding carboxylic acids is 1. The summed E-state index contributed by atoms with van der Waals surface area (Å²) in [5.41, 5.74) is 1.25. The van der Waals surface area contributed by atoms with Gasteiger partial charge in [-0.1, -0.05) is 30.3 Å². The van der Waals surface area contributed by atoms with Crippen LogP contribution in [-0.4, -0.2) is 10.8 Å². The van der Waals surface area contributed by atoms with Crippen LogP contribution < -0.4 is 0 Å². The van der Waals surface area contributed by atoms with E-state index < -0.39 is 5.82 Å². The van der Waals surface area contributed by atoms with E-state index in [9.17, 15) is 9.18 Å². The molecular weight excluding hydrogens is 241 g/mol. The molecule has 1 aromatic heterocycles. The standard InChI is InChI=1S/C16H10FNO/c17-14-6-2-1-5-13(14)16(19)12-8-7-11-4-3-9-18-15(11)10-12/h1-10H. The second-order valence-corrected chi connectivity index (χ2v) is 4.22. The van der Waals surface area contributed by atoms with Crippen molar-refractivity contribution in [3.63, 3.8) is 0 Å². The summed E-state index contributed by atoms with van der Waals surface area (Å²) in [6.45, 7) is 0. The summed E-state index contributed by atoms with van der Waals surface area (Å²) < 4.78 is 13.6. The molecule has 0 saturated carbocycles. The van der Waals surface area contributed by atoms with Gasteiger partial charge in [0.15, 0.2) is 5.78 Å². The minimum atomic E-state index is -0.506. The monoisotopic (exact) mass is 251 g/mol. The third-order valence-corrected chi connectivity index (χ3v) is 2.99. The summed E-state index contributed by atoms with van der Waals surface area (Å²) in [6.07, 6.45) is 1.67. The Hall–Kier alpha value is -2.55. The second-order valence-electron chi connectivity index (χ2n) is 4.22. The van der Waals surface area contributed by atoms with Crippen molar-refractivity contribution in [3.05, 3.63) is 77.7 Å². The van der Waals surface area contributed by atoms with Crippen LogP contribution in [0, 0.1) is 5.82 Å². The number of benzene rings is 2. The predicted octanol–water partition coefficient (Wildman–Crippen LogP) is 3.60. The maximum atomic E-state index is 13.6. The minimum absolute atomic E-state index is 0.0813. The normalized spacial score (nSPS) is 10.6. The molecule has 19 heavy (non-hydrogen) atoms. The van der Waals surface area contributed by atoms with Crippen LogP contribution in [0.15, 0.2) is 60.8 Å². The molecule has 0 aliphatic heterocycles. The smallest absolute Gasteiger partial charge is 0.196 e. The molecule has 2 nitrogen and oxygen atoms in total. The maximum Gasteiger partial charge on any atom is 0.196 e. The highest BCUT2D eigenvalue weighted by Crippen LogP contribution is 2.17. The first-order valence-corrected chi connectivity index (χ1v) is 5.90. The van der Waals surface area contributed by atoms with Gasteiger partial charge in [0.2, 0.25) is 0 Å². The molecule has 3 rings (SSSR count). The Bertz CT molecular complexity index is 767. The highest BCUT2D eigenvalue weighted by atomic mass is 19.1. The molecule has 3 aromatic rings. The molecular formula is C16H10FNO. The molecule has 0 aliphatic carbocycles. The van der Waals surface area contributed by atoms with Crippen molar-refractivity contribution in [2.45, 2.75) is 0 Å². The summed E-state index contributed by atoms with van der Waals surface area (Å²) in [5.74, 6) is -0.834. The van der Waals surface area contributed by atoms with Gasteiger partial charge in [0.25, 0.3) is 0 Å². The van der Waals surface area contributed by atoms with E-state index >= 15 is 0 Å². The molecule has 0 atom stereocenters. The lowest BCUT2D eigenvalue weighted by atomic mass is 10.0. The Morgan fingerprint density at radius 1 is 1.00 bits per heavy atom. The van der Waals surface area contributed by atoms with Crippen LogP contribution in [0.4, 0.5) is 4.39 Å². The molecule has 0 fully saturated rings. The zero-order chi connectivity index (χ0) is 13.2. The molecule has 0 bridgehead atoms. The first-order valence-electron chi connectivity index (χ1n) is 5.90. The molecule has 0 spiro atoms. The lowest BCUT2D eigenvalue weighted by Crippen LogP contribution is -2.04. The van der Waals surface area contributed by atoms with Crippen molar-refractivity contribution >= 4 is 16.7 Å². The van der Waals surface area contributed by atoms with Crippen LogP contribution in [0.25, 0.3) is 10.9 Å². The fourth-order valence-electron chi connectivity index (χ4n) is 2.01. The predicted molar refractivity (Wildman–Crippen MR) is 71.6 cm³/mol. The number of carbonyl (C=O) groups is 1. The number of pyridine rings is 1. The third-order valence-electron chi connectivity index (χ3n) is 2.99. The number of ketones is 1. The average Bonchev–Trinajstić information content (AvgIpc) is 2.46. The maximum absolute atomic E-state index is 13.6. The summed E-state index contributed by atoms with van der Waals surface area (Å²) in [6, 6.07) is 14.9. The number of nitrogens with zero attached hydrogens (tertiary/aromatic N) is 1. The van der Waals surface area contributed by atoms with Gasteiger partial charge in [-0.25, -0.2) is 4.39 Å². The minimum Gasteiger partial charge on any atom is -0.288 e. The van der Waals surface area contributed by atoms with Crippen LogP contribution in [0.3, 0.4) is 0 Å². The molecule has 3 heteroatoms. The van der Waals surface area contributed by atoms with Crippen molar-refractivity contribution < 1.29 is 9.18 Å². The van der Waals surface area contributed by atoms with Crippen molar-refractivity contribution in [1.29, 1.82) is 0 Å². The van der Waals surface area contributed by atoms with E-state index in [-0.39, 0.29) is 11.3 Å². The first-order chi connectivity index (χ1) is 9.25. The van der Waals surface area contributed by atoms with Crippen LogP contribution in [0.2, 0.25) is 0 Å². The quantitative estimate of drug-likeness (QED) is 0.651. The third kappa shape index (κ3) is 2.10. The number of aromatic nitrogens is 1. The number of halogens is 1. The van der Waals surface area contributed by atoms with Crippen LogP contribution in [-0.2, 0) is 0 Å². The van der Waals surface area contributed by atoms with Crippen molar-refractivity contribution in [1.82, 2.24) is 4.98 Å². The van der Waals surface area contributed by atoms with Gasteiger partial charge < -0.3 is 0 Å². The van der Waals surface area contributed by atoms with E-state index in [1.54, 1.807) is 30.5 Å². The van der Waals surface area contributed by atoms with E-state index in [0.29, 0.717) is 5.56 Å². The molecule has 0 aliphatic rings. The largest absolute Gasteiger partial charge is 0.288 e. The second kappa shape index (κ2) is 4.61. The Balaban J connectivity index is 2.09. The molecule has 2 aromatic carbocycles. The van der Waals surface area contributed by atoms with Gasteiger partial charge in [-0.05, 0) is 24.3 Å². The molecule has 0 N–H and O–H groups in total. The lowest BCUT2D eigenvalue weighted by Gasteiger charge is -2.04. The van der Waals surface area contributed by atoms with Crippen LogP contribution in [0.5, 0.6) is 0 Å². The van der Waals surface area contributed by atoms with Gasteiger partial charge in [0, 0.05) is 17.1 Å². The fraction of sp³-hybridized carbons (Fsp3) is 0. The highest BCUT2D eigenvalue weighted by Gasteiger charge is 2.13. The van der Waals surface area contributed by atoms with E-state index in [0.717, 1.165) is 10.9 Å². The first kappa shape index (κ1) is 11.5. The van der Waals surface area contributed by atoms with E-state index in [1.807, 2.05) is 18.2 Å². The van der Waals surface area contributed by atoms with E-state index in [1.165, 1.54) is 12.1 Å². The molecule has 0 amide bonds. The number of fused-ring (bicyclic) bond motifs is 1. The molecule has 1 heterocycles. The topological polar surface area (TPSA) is 30.0 Å². The van der Waals surface area contributed by atoms with Gasteiger partial charge in [-0.3, -0.25) is 9.78 Å². The Morgan fingerprint density at radius 2 is 1.84 bits per heavy atom. The van der Waals surface area contributed by atoms with Crippen molar-refractivity contribution in [2.75, 3.05) is 0 Å². The summed E-state index contributed by atoms with van der Waals surface area (Å²) in [7, 11) is 0. The van der Waals surface area contributed by atoms with E-state index in [4.69, 9.17) is 0 Å². The van der Waals surface area contributed by atoms with Crippen LogP contribution in [0.1, 0.15) is 15.9 Å². The van der Waals surface area contributed by atoms with Crippen LogP contribution >= 0.6 is 0 Å². The zero-order valence-corrected chi connectivity index (χ0v) is 10.0. The molecule has 0 radical (unpaired) electrons. The Kier molecular flexibility index (Phi) is 2.80. The summed E-state index contributed by atoms with van der Waals surface area (Å²) >= 11 is 0. The van der Waals surface area contributed by atoms with Gasteiger partial charge in [-0.2, -0.15) is 0 Å². The number of hydrogen-bond acceptors (Lipinski definition) is 2. The lowest BCUT2D eigenvalue weighted by molar-refractivity contribution is 0.103. The SMILES string of the molecule is O=C(c1ccc2cccnc2c1)c1ccccc1F. The summed E-state index contributed by atoms with van der Waals surface area (Å²) in [4.78, 5) is 16.4. The average molecular weight is 251 g/mol. The van der Waals surface area contributed by atoms with Crippen molar-refractivity contribution in [3.8, 4) is 0 Å². The zero-order valence-electron chi connectivity index (χ0n) is 10.0. The highest BCUT2D eigenvalue weighted by molar-refractivity contribution is 6.10. The molecule has 0 unspecified atom stereocenters. The summed E-state index contributed by atoms with van der Waals surface area (Å²) in [5, 5.41) is 0.951. The van der Waals surface area contributed by atoms with Crippen molar-refractivity contribution in [2.24, 2.45) is 0 Å². The molecule has 92 valence electrons. The Morgan fingerprint density at radius 3 is 2.68 bits per heavy atom. The van der Waals surface area contributed by atoms with Gasteiger partial charge >= 0.3 is 0 Å². The fourth-order valence-corrected chi connectivity index (χ4v) is 2.01. The Labute approximate surface area is 109 Å².